The Hall–Kier alpha value is -2.93. The molecule has 6 nitrogen and oxygen atoms in total. The Morgan fingerprint density at radius 3 is 2.17 bits per heavy atom. The third kappa shape index (κ3) is 5.06. The minimum absolute atomic E-state index is 0.0597. The molecule has 2 rings (SSSR count). The molecule has 0 saturated heterocycles. The second-order valence-electron chi connectivity index (χ2n) is 4.92. The van der Waals surface area contributed by atoms with Gasteiger partial charge in [-0.3, -0.25) is 9.59 Å². The molecule has 124 valence electrons. The van der Waals surface area contributed by atoms with E-state index in [4.69, 9.17) is 0 Å². The summed E-state index contributed by atoms with van der Waals surface area (Å²) in [5.41, 5.74) is 1.34. The molecule has 2 aromatic carbocycles. The molecule has 0 aromatic heterocycles. The Kier molecular flexibility index (Phi) is 5.49. The summed E-state index contributed by atoms with van der Waals surface area (Å²) < 4.78 is 25.5. The van der Waals surface area contributed by atoms with Crippen molar-refractivity contribution in [3.63, 3.8) is 0 Å². The quantitative estimate of drug-likeness (QED) is 0.813. The number of hydrogen-bond acceptors (Lipinski definition) is 4. The van der Waals surface area contributed by atoms with Gasteiger partial charge in [-0.1, -0.05) is 30.3 Å². The highest BCUT2D eigenvalue weighted by molar-refractivity contribution is 7.90. The Bertz CT molecular complexity index is 857. The molecule has 0 aliphatic carbocycles. The zero-order valence-corrected chi connectivity index (χ0v) is 13.7. The molecule has 0 spiro atoms. The van der Waals surface area contributed by atoms with Crippen molar-refractivity contribution in [1.29, 1.82) is 0 Å². The third-order valence-electron chi connectivity index (χ3n) is 2.94. The maximum atomic E-state index is 11.8. The molecule has 0 atom stereocenters. The van der Waals surface area contributed by atoms with Crippen LogP contribution in [0.25, 0.3) is 6.08 Å². The largest absolute Gasteiger partial charge is 0.323 e. The summed E-state index contributed by atoms with van der Waals surface area (Å²) in [5, 5.41) is 2.62. The maximum absolute atomic E-state index is 11.8. The van der Waals surface area contributed by atoms with Gasteiger partial charge in [-0.15, -0.1) is 0 Å². The van der Waals surface area contributed by atoms with Gasteiger partial charge in [0.15, 0.2) is 0 Å². The summed E-state index contributed by atoms with van der Waals surface area (Å²) in [5.74, 6) is -1.00. The van der Waals surface area contributed by atoms with Gasteiger partial charge in [-0.25, -0.2) is 13.1 Å². The van der Waals surface area contributed by atoms with Gasteiger partial charge in [-0.2, -0.15) is 0 Å². The highest BCUT2D eigenvalue weighted by Crippen LogP contribution is 2.14. The molecular weight excluding hydrogens is 328 g/mol. The molecule has 7 heteroatoms. The van der Waals surface area contributed by atoms with Crippen molar-refractivity contribution in [2.45, 2.75) is 11.8 Å². The molecule has 0 unspecified atom stereocenters. The Labute approximate surface area is 140 Å². The topological polar surface area (TPSA) is 92.3 Å². The van der Waals surface area contributed by atoms with Crippen LogP contribution >= 0.6 is 0 Å². The summed E-state index contributed by atoms with van der Waals surface area (Å²) in [4.78, 5) is 22.7. The monoisotopic (exact) mass is 344 g/mol. The van der Waals surface area contributed by atoms with Crippen LogP contribution in [0.15, 0.2) is 65.6 Å². The van der Waals surface area contributed by atoms with Crippen molar-refractivity contribution in [3.8, 4) is 0 Å². The van der Waals surface area contributed by atoms with Crippen molar-refractivity contribution < 1.29 is 18.0 Å². The predicted octanol–water partition coefficient (Wildman–Crippen LogP) is 2.16. The number of amides is 2. The number of anilines is 1. The molecular formula is C17H16N2O4S. The summed E-state index contributed by atoms with van der Waals surface area (Å²) in [6.45, 7) is 1.12. The van der Waals surface area contributed by atoms with E-state index >= 15 is 0 Å². The molecule has 0 bridgehead atoms. The van der Waals surface area contributed by atoms with Gasteiger partial charge < -0.3 is 5.32 Å². The van der Waals surface area contributed by atoms with Gasteiger partial charge in [0.1, 0.15) is 0 Å². The standard InChI is InChI=1S/C17H16N2O4S/c1-13(20)19-24(22,23)16-10-8-15(9-11-16)18-17(21)12-7-14-5-3-2-4-6-14/h2-12H,1H3,(H,18,21)(H,19,20)/b12-7+. The van der Waals surface area contributed by atoms with Crippen LogP contribution in [0.5, 0.6) is 0 Å². The fourth-order valence-electron chi connectivity index (χ4n) is 1.89. The smallest absolute Gasteiger partial charge is 0.264 e. The lowest BCUT2D eigenvalue weighted by Crippen LogP contribution is -2.28. The minimum atomic E-state index is -3.88. The number of carbonyl (C=O) groups excluding carboxylic acids is 2. The second-order valence-corrected chi connectivity index (χ2v) is 6.60. The second kappa shape index (κ2) is 7.56. The molecule has 24 heavy (non-hydrogen) atoms. The lowest BCUT2D eigenvalue weighted by molar-refractivity contribution is -0.117. The zero-order valence-electron chi connectivity index (χ0n) is 12.9. The van der Waals surface area contributed by atoms with Crippen LogP contribution in [0.3, 0.4) is 0 Å². The van der Waals surface area contributed by atoms with Crippen molar-refractivity contribution in [1.82, 2.24) is 4.72 Å². The van der Waals surface area contributed by atoms with Gasteiger partial charge in [-0.05, 0) is 35.9 Å². The van der Waals surface area contributed by atoms with E-state index in [2.05, 4.69) is 5.32 Å². The zero-order chi connectivity index (χ0) is 17.6. The summed E-state index contributed by atoms with van der Waals surface area (Å²) >= 11 is 0. The molecule has 0 heterocycles. The fraction of sp³-hybridized carbons (Fsp3) is 0.0588. The third-order valence-corrected chi connectivity index (χ3v) is 4.39. The van der Waals surface area contributed by atoms with Gasteiger partial charge in [0.2, 0.25) is 11.8 Å². The Balaban J connectivity index is 2.02. The van der Waals surface area contributed by atoms with Crippen molar-refractivity contribution >= 4 is 33.6 Å². The first-order chi connectivity index (χ1) is 11.4. The van der Waals surface area contributed by atoms with Crippen LogP contribution in [0, 0.1) is 0 Å². The normalized spacial score (nSPS) is 11.2. The van der Waals surface area contributed by atoms with E-state index in [1.165, 1.54) is 30.3 Å². The number of benzene rings is 2. The Morgan fingerprint density at radius 2 is 1.58 bits per heavy atom. The molecule has 2 amide bonds. The molecule has 0 saturated carbocycles. The van der Waals surface area contributed by atoms with Gasteiger partial charge in [0.25, 0.3) is 10.0 Å². The fourth-order valence-corrected chi connectivity index (χ4v) is 2.88. The first kappa shape index (κ1) is 17.4. The van der Waals surface area contributed by atoms with E-state index in [9.17, 15) is 18.0 Å². The van der Waals surface area contributed by atoms with Crippen LogP contribution in [0.4, 0.5) is 5.69 Å². The molecule has 2 N–H and O–H groups in total. The van der Waals surface area contributed by atoms with Crippen LogP contribution in [0.2, 0.25) is 0 Å². The molecule has 0 aliphatic heterocycles. The number of rotatable bonds is 5. The first-order valence-electron chi connectivity index (χ1n) is 7.04. The van der Waals surface area contributed by atoms with Crippen molar-refractivity contribution in [2.24, 2.45) is 0 Å². The van der Waals surface area contributed by atoms with E-state index in [0.717, 1.165) is 12.5 Å². The summed E-state index contributed by atoms with van der Waals surface area (Å²) in [7, 11) is -3.88. The highest BCUT2D eigenvalue weighted by atomic mass is 32.2. The van der Waals surface area contributed by atoms with Crippen molar-refractivity contribution in [3.05, 3.63) is 66.2 Å². The number of hydrogen-bond donors (Lipinski definition) is 2. The molecule has 0 aliphatic rings. The van der Waals surface area contributed by atoms with E-state index < -0.39 is 15.9 Å². The number of nitrogens with one attached hydrogen (secondary N) is 2. The SMILES string of the molecule is CC(=O)NS(=O)(=O)c1ccc(NC(=O)/C=C/c2ccccc2)cc1. The maximum Gasteiger partial charge on any atom is 0.264 e. The lowest BCUT2D eigenvalue weighted by Gasteiger charge is -2.06. The van der Waals surface area contributed by atoms with Gasteiger partial charge in [0.05, 0.1) is 4.90 Å². The first-order valence-corrected chi connectivity index (χ1v) is 8.53. The summed E-state index contributed by atoms with van der Waals surface area (Å²) in [6, 6.07) is 14.9. The van der Waals surface area contributed by atoms with Crippen LogP contribution in [-0.4, -0.2) is 20.2 Å². The molecule has 0 radical (unpaired) electrons. The minimum Gasteiger partial charge on any atom is -0.323 e. The van der Waals surface area contributed by atoms with E-state index in [1.54, 1.807) is 6.08 Å². The Morgan fingerprint density at radius 1 is 0.958 bits per heavy atom. The van der Waals surface area contributed by atoms with Crippen LogP contribution < -0.4 is 10.0 Å². The highest BCUT2D eigenvalue weighted by Gasteiger charge is 2.15. The van der Waals surface area contributed by atoms with E-state index in [0.29, 0.717) is 5.69 Å². The van der Waals surface area contributed by atoms with E-state index in [-0.39, 0.29) is 10.8 Å². The summed E-state index contributed by atoms with van der Waals surface area (Å²) in [6.07, 6.45) is 3.06. The van der Waals surface area contributed by atoms with Gasteiger partial charge in [0, 0.05) is 18.7 Å². The number of sulfonamides is 1. The van der Waals surface area contributed by atoms with Crippen LogP contribution in [0.1, 0.15) is 12.5 Å². The molecule has 0 fully saturated rings. The molecule has 2 aromatic rings. The van der Waals surface area contributed by atoms with Crippen molar-refractivity contribution in [2.75, 3.05) is 5.32 Å². The average molecular weight is 344 g/mol. The predicted molar refractivity (Wildman–Crippen MR) is 91.6 cm³/mol. The average Bonchev–Trinajstić information content (AvgIpc) is 2.53. The van der Waals surface area contributed by atoms with Gasteiger partial charge >= 0.3 is 0 Å². The van der Waals surface area contributed by atoms with Crippen LogP contribution in [-0.2, 0) is 19.6 Å². The lowest BCUT2D eigenvalue weighted by atomic mass is 10.2. The number of carbonyl (C=O) groups is 2. The van der Waals surface area contributed by atoms with E-state index in [1.807, 2.05) is 35.1 Å².